The number of amides is 1. The summed E-state index contributed by atoms with van der Waals surface area (Å²) in [7, 11) is 0. The maximum atomic E-state index is 11.5. The van der Waals surface area contributed by atoms with Crippen LogP contribution in [0, 0.1) is 0 Å². The highest BCUT2D eigenvalue weighted by molar-refractivity contribution is 5.68. The molecule has 2 N–H and O–H groups in total. The highest BCUT2D eigenvalue weighted by Crippen LogP contribution is 2.22. The summed E-state index contributed by atoms with van der Waals surface area (Å²) in [5.74, 6) is 0. The minimum absolute atomic E-state index is 0.0374. The fourth-order valence-electron chi connectivity index (χ4n) is 1.82. The average molecular weight is 245 g/mol. The van der Waals surface area contributed by atoms with Gasteiger partial charge in [-0.25, -0.2) is 4.79 Å². The van der Waals surface area contributed by atoms with E-state index in [2.05, 4.69) is 5.32 Å². The van der Waals surface area contributed by atoms with E-state index >= 15 is 0 Å². The number of hydrogen-bond donors (Lipinski definition) is 2. The molecule has 100 valence electrons. The lowest BCUT2D eigenvalue weighted by Crippen LogP contribution is -2.43. The first-order valence-corrected chi connectivity index (χ1v) is 6.07. The molecule has 0 aromatic heterocycles. The molecule has 0 bridgehead atoms. The Balaban J connectivity index is 2.34. The summed E-state index contributed by atoms with van der Waals surface area (Å²) in [5, 5.41) is 11.7. The lowest BCUT2D eigenvalue weighted by molar-refractivity contribution is -0.00566. The predicted molar refractivity (Wildman–Crippen MR) is 63.8 cm³/mol. The molecular formula is C12H23NO4. The summed E-state index contributed by atoms with van der Waals surface area (Å²) in [6.45, 7) is 7.39. The van der Waals surface area contributed by atoms with Crippen LogP contribution in [0.5, 0.6) is 0 Å². The minimum Gasteiger partial charge on any atom is -0.444 e. The molecule has 0 unspecified atom stereocenters. The van der Waals surface area contributed by atoms with Crippen molar-refractivity contribution < 1.29 is 19.4 Å². The van der Waals surface area contributed by atoms with E-state index in [0.29, 0.717) is 0 Å². The first kappa shape index (κ1) is 14.3. The molecule has 0 radical (unpaired) electrons. The van der Waals surface area contributed by atoms with Crippen molar-refractivity contribution in [3.05, 3.63) is 0 Å². The predicted octanol–water partition coefficient (Wildman–Crippen LogP) is 1.44. The van der Waals surface area contributed by atoms with Crippen LogP contribution in [0.3, 0.4) is 0 Å². The maximum absolute atomic E-state index is 11.5. The molecule has 1 saturated heterocycles. The second-order valence-corrected chi connectivity index (χ2v) is 5.49. The Morgan fingerprint density at radius 3 is 2.65 bits per heavy atom. The Hall–Kier alpha value is -0.810. The van der Waals surface area contributed by atoms with Gasteiger partial charge in [-0.05, 0) is 40.5 Å². The Morgan fingerprint density at radius 2 is 2.18 bits per heavy atom. The number of alkyl carbamates (subject to hydrolysis) is 1. The van der Waals surface area contributed by atoms with Crippen LogP contribution < -0.4 is 5.32 Å². The molecular weight excluding hydrogens is 222 g/mol. The van der Waals surface area contributed by atoms with Crippen LogP contribution in [0.15, 0.2) is 0 Å². The van der Waals surface area contributed by atoms with Crippen LogP contribution in [0.1, 0.15) is 40.5 Å². The van der Waals surface area contributed by atoms with Crippen LogP contribution in [0.2, 0.25) is 0 Å². The average Bonchev–Trinajstić information content (AvgIpc) is 2.62. The second kappa shape index (κ2) is 5.69. The van der Waals surface area contributed by atoms with Crippen LogP contribution in [0.4, 0.5) is 4.79 Å². The molecule has 17 heavy (non-hydrogen) atoms. The molecule has 0 aliphatic carbocycles. The SMILES string of the molecule is C[C@@H](NC(=O)OC(C)(C)C)[C@@H]1CC[C@H](CO)O1. The van der Waals surface area contributed by atoms with Crippen molar-refractivity contribution in [3.63, 3.8) is 0 Å². The quantitative estimate of drug-likeness (QED) is 0.789. The Morgan fingerprint density at radius 1 is 1.53 bits per heavy atom. The molecule has 3 atom stereocenters. The number of aliphatic hydroxyl groups is 1. The van der Waals surface area contributed by atoms with Crippen LogP contribution >= 0.6 is 0 Å². The summed E-state index contributed by atoms with van der Waals surface area (Å²) in [6, 6.07) is -0.110. The molecule has 1 aliphatic rings. The van der Waals surface area contributed by atoms with E-state index in [1.165, 1.54) is 0 Å². The standard InChI is InChI=1S/C12H23NO4/c1-8(10-6-5-9(7-14)16-10)13-11(15)17-12(2,3)4/h8-10,14H,5-7H2,1-4H3,(H,13,15)/t8-,9-,10+/m1/s1. The molecule has 0 saturated carbocycles. The van der Waals surface area contributed by atoms with Gasteiger partial charge in [0.1, 0.15) is 5.60 Å². The molecule has 5 nitrogen and oxygen atoms in total. The van der Waals surface area contributed by atoms with Crippen LogP contribution in [-0.2, 0) is 9.47 Å². The second-order valence-electron chi connectivity index (χ2n) is 5.49. The Labute approximate surface area is 102 Å². The monoisotopic (exact) mass is 245 g/mol. The zero-order valence-corrected chi connectivity index (χ0v) is 11.0. The number of aliphatic hydroxyl groups excluding tert-OH is 1. The summed E-state index contributed by atoms with van der Waals surface area (Å²) < 4.78 is 10.7. The van der Waals surface area contributed by atoms with Gasteiger partial charge in [0.05, 0.1) is 24.9 Å². The van der Waals surface area contributed by atoms with Gasteiger partial charge in [0.25, 0.3) is 0 Å². The molecule has 1 aliphatic heterocycles. The largest absolute Gasteiger partial charge is 0.444 e. The molecule has 0 spiro atoms. The van der Waals surface area contributed by atoms with Crippen molar-refractivity contribution in [2.75, 3.05) is 6.61 Å². The molecule has 0 aromatic carbocycles. The third kappa shape index (κ3) is 4.91. The lowest BCUT2D eigenvalue weighted by atomic mass is 10.1. The third-order valence-corrected chi connectivity index (χ3v) is 2.65. The van der Waals surface area contributed by atoms with E-state index < -0.39 is 11.7 Å². The highest BCUT2D eigenvalue weighted by atomic mass is 16.6. The maximum Gasteiger partial charge on any atom is 0.407 e. The van der Waals surface area contributed by atoms with Gasteiger partial charge in [0, 0.05) is 0 Å². The van der Waals surface area contributed by atoms with Crippen molar-refractivity contribution in [3.8, 4) is 0 Å². The first-order valence-electron chi connectivity index (χ1n) is 6.07. The van der Waals surface area contributed by atoms with E-state index in [1.54, 1.807) is 0 Å². The van der Waals surface area contributed by atoms with Gasteiger partial charge in [-0.15, -0.1) is 0 Å². The number of hydrogen-bond acceptors (Lipinski definition) is 4. The van der Waals surface area contributed by atoms with E-state index in [4.69, 9.17) is 14.6 Å². The first-order chi connectivity index (χ1) is 7.81. The van der Waals surface area contributed by atoms with Gasteiger partial charge in [0.15, 0.2) is 0 Å². The van der Waals surface area contributed by atoms with Gasteiger partial charge < -0.3 is 19.9 Å². The molecule has 1 fully saturated rings. The number of ether oxygens (including phenoxy) is 2. The number of carbonyl (C=O) groups is 1. The zero-order chi connectivity index (χ0) is 13.1. The summed E-state index contributed by atoms with van der Waals surface area (Å²) in [6.07, 6.45) is 1.12. The molecule has 1 heterocycles. The molecule has 1 rings (SSSR count). The van der Waals surface area contributed by atoms with Crippen LogP contribution in [-0.4, -0.2) is 41.7 Å². The molecule has 0 aromatic rings. The minimum atomic E-state index is -0.492. The van der Waals surface area contributed by atoms with Crippen molar-refractivity contribution in [2.24, 2.45) is 0 Å². The van der Waals surface area contributed by atoms with Crippen LogP contribution in [0.25, 0.3) is 0 Å². The van der Waals surface area contributed by atoms with Crippen molar-refractivity contribution in [2.45, 2.75) is 64.4 Å². The van der Waals surface area contributed by atoms with Gasteiger partial charge in [-0.1, -0.05) is 0 Å². The number of nitrogens with one attached hydrogen (secondary N) is 1. The van der Waals surface area contributed by atoms with Crippen molar-refractivity contribution in [1.82, 2.24) is 5.32 Å². The fourth-order valence-corrected chi connectivity index (χ4v) is 1.82. The van der Waals surface area contributed by atoms with Gasteiger partial charge in [-0.2, -0.15) is 0 Å². The Bertz CT molecular complexity index is 262. The van der Waals surface area contributed by atoms with Crippen molar-refractivity contribution >= 4 is 6.09 Å². The lowest BCUT2D eigenvalue weighted by Gasteiger charge is -2.24. The van der Waals surface area contributed by atoms with Gasteiger partial charge in [-0.3, -0.25) is 0 Å². The van der Waals surface area contributed by atoms with E-state index in [0.717, 1.165) is 12.8 Å². The fraction of sp³-hybridized carbons (Fsp3) is 0.917. The number of carbonyl (C=O) groups excluding carboxylic acids is 1. The third-order valence-electron chi connectivity index (χ3n) is 2.65. The summed E-state index contributed by atoms with van der Waals surface area (Å²) >= 11 is 0. The normalized spacial score (nSPS) is 26.6. The van der Waals surface area contributed by atoms with E-state index in [1.807, 2.05) is 27.7 Å². The number of rotatable bonds is 3. The summed E-state index contributed by atoms with van der Waals surface area (Å²) in [5.41, 5.74) is -0.492. The van der Waals surface area contributed by atoms with E-state index in [9.17, 15) is 4.79 Å². The highest BCUT2D eigenvalue weighted by Gasteiger charge is 2.30. The van der Waals surface area contributed by atoms with Gasteiger partial charge >= 0.3 is 6.09 Å². The molecule has 5 heteroatoms. The summed E-state index contributed by atoms with van der Waals surface area (Å²) in [4.78, 5) is 11.5. The van der Waals surface area contributed by atoms with Gasteiger partial charge in [0.2, 0.25) is 0 Å². The zero-order valence-electron chi connectivity index (χ0n) is 11.0. The Kier molecular flexibility index (Phi) is 4.77. The smallest absolute Gasteiger partial charge is 0.407 e. The molecule has 1 amide bonds. The van der Waals surface area contributed by atoms with E-state index in [-0.39, 0.29) is 24.9 Å². The van der Waals surface area contributed by atoms with Crippen molar-refractivity contribution in [1.29, 1.82) is 0 Å². The topological polar surface area (TPSA) is 67.8 Å².